The van der Waals surface area contributed by atoms with E-state index in [1.54, 1.807) is 6.92 Å². The molecule has 0 heterocycles. The summed E-state index contributed by atoms with van der Waals surface area (Å²) in [4.78, 5) is 27.8. The molecule has 3 rings (SSSR count). The van der Waals surface area contributed by atoms with Crippen LogP contribution >= 0.6 is 15.9 Å². The third-order valence-electron chi connectivity index (χ3n) is 6.45. The van der Waals surface area contributed by atoms with Crippen LogP contribution in [0, 0.1) is 11.6 Å². The molecule has 1 N–H and O–H groups in total. The number of anilines is 1. The second-order valence-electron chi connectivity index (χ2n) is 9.35. The highest BCUT2D eigenvalue weighted by molar-refractivity contribution is 9.10. The van der Waals surface area contributed by atoms with Crippen LogP contribution in [0.5, 0.6) is 0 Å². The first-order chi connectivity index (χ1) is 17.5. The van der Waals surface area contributed by atoms with Crippen molar-refractivity contribution in [1.82, 2.24) is 10.2 Å². The van der Waals surface area contributed by atoms with E-state index in [0.717, 1.165) is 58.4 Å². The Hall–Kier alpha value is -2.53. The summed E-state index contributed by atoms with van der Waals surface area (Å²) in [5.41, 5.74) is 0.812. The van der Waals surface area contributed by atoms with Gasteiger partial charge in [-0.25, -0.2) is 17.2 Å². The van der Waals surface area contributed by atoms with E-state index in [2.05, 4.69) is 21.2 Å². The quantitative estimate of drug-likeness (QED) is 0.404. The van der Waals surface area contributed by atoms with E-state index in [1.807, 2.05) is 24.3 Å². The average Bonchev–Trinajstić information content (AvgIpc) is 3.34. The number of hydrogen-bond acceptors (Lipinski definition) is 4. The van der Waals surface area contributed by atoms with Crippen molar-refractivity contribution in [2.45, 2.75) is 64.1 Å². The molecule has 1 saturated carbocycles. The fourth-order valence-corrected chi connectivity index (χ4v) is 5.85. The summed E-state index contributed by atoms with van der Waals surface area (Å²) in [5.74, 6) is -2.78. The van der Waals surface area contributed by atoms with E-state index in [1.165, 1.54) is 11.0 Å². The number of hydrogen-bond donors (Lipinski definition) is 1. The van der Waals surface area contributed by atoms with Gasteiger partial charge in [-0.1, -0.05) is 40.9 Å². The molecule has 0 unspecified atom stereocenters. The first kappa shape index (κ1) is 29.0. The summed E-state index contributed by atoms with van der Waals surface area (Å²) in [6.07, 6.45) is 5.02. The first-order valence-corrected chi connectivity index (χ1v) is 14.9. The minimum absolute atomic E-state index is 0.0239. The summed E-state index contributed by atoms with van der Waals surface area (Å²) in [5, 5.41) is 3.04. The van der Waals surface area contributed by atoms with Crippen LogP contribution in [0.15, 0.2) is 46.9 Å². The molecule has 0 aliphatic heterocycles. The summed E-state index contributed by atoms with van der Waals surface area (Å²) < 4.78 is 53.5. The summed E-state index contributed by atoms with van der Waals surface area (Å²) in [6.45, 7) is 1.78. The Kier molecular flexibility index (Phi) is 10.1. The van der Waals surface area contributed by atoms with Crippen LogP contribution in [-0.2, 0) is 26.2 Å². The molecular weight excluding hydrogens is 568 g/mol. The fraction of sp³-hybridized carbons (Fsp3) is 0.462. The van der Waals surface area contributed by atoms with E-state index in [0.29, 0.717) is 0 Å². The maximum atomic E-state index is 13.7. The van der Waals surface area contributed by atoms with Crippen LogP contribution in [-0.4, -0.2) is 50.0 Å². The van der Waals surface area contributed by atoms with Crippen molar-refractivity contribution in [3.05, 3.63) is 64.1 Å². The smallest absolute Gasteiger partial charge is 0.242 e. The van der Waals surface area contributed by atoms with Crippen molar-refractivity contribution in [3.63, 3.8) is 0 Å². The van der Waals surface area contributed by atoms with Gasteiger partial charge in [0, 0.05) is 36.1 Å². The molecule has 2 aromatic carbocycles. The van der Waals surface area contributed by atoms with Crippen molar-refractivity contribution in [2.75, 3.05) is 17.1 Å². The van der Waals surface area contributed by atoms with E-state index in [4.69, 9.17) is 0 Å². The normalized spacial score (nSPS) is 14.8. The first-order valence-electron chi connectivity index (χ1n) is 12.2. The van der Waals surface area contributed by atoms with E-state index in [-0.39, 0.29) is 49.5 Å². The summed E-state index contributed by atoms with van der Waals surface area (Å²) in [7, 11) is -3.81. The van der Waals surface area contributed by atoms with Gasteiger partial charge in [0.25, 0.3) is 0 Å². The number of amides is 2. The van der Waals surface area contributed by atoms with Crippen molar-refractivity contribution < 1.29 is 26.8 Å². The van der Waals surface area contributed by atoms with Gasteiger partial charge in [0.15, 0.2) is 11.6 Å². The topological polar surface area (TPSA) is 86.8 Å². The summed E-state index contributed by atoms with van der Waals surface area (Å²) in [6, 6.07) is 9.67. The lowest BCUT2D eigenvalue weighted by Gasteiger charge is -2.30. The largest absolute Gasteiger partial charge is 0.352 e. The van der Waals surface area contributed by atoms with Crippen LogP contribution < -0.4 is 9.62 Å². The van der Waals surface area contributed by atoms with Gasteiger partial charge in [0.1, 0.15) is 6.04 Å². The van der Waals surface area contributed by atoms with Gasteiger partial charge in [-0.3, -0.25) is 13.9 Å². The number of nitrogens with zero attached hydrogens (tertiary/aromatic N) is 2. The Morgan fingerprint density at radius 2 is 1.81 bits per heavy atom. The number of benzene rings is 2. The Morgan fingerprint density at radius 1 is 1.11 bits per heavy atom. The lowest BCUT2D eigenvalue weighted by Crippen LogP contribution is -2.49. The molecule has 1 aliphatic carbocycles. The molecule has 0 bridgehead atoms. The third-order valence-corrected chi connectivity index (χ3v) is 8.14. The van der Waals surface area contributed by atoms with Gasteiger partial charge in [0.05, 0.1) is 11.9 Å². The third kappa shape index (κ3) is 8.23. The van der Waals surface area contributed by atoms with Crippen LogP contribution in [0.2, 0.25) is 0 Å². The Labute approximate surface area is 225 Å². The average molecular weight is 601 g/mol. The van der Waals surface area contributed by atoms with E-state index in [9.17, 15) is 26.8 Å². The van der Waals surface area contributed by atoms with Gasteiger partial charge >= 0.3 is 0 Å². The number of rotatable bonds is 11. The lowest BCUT2D eigenvalue weighted by atomic mass is 10.1. The van der Waals surface area contributed by atoms with Crippen molar-refractivity contribution >= 4 is 43.5 Å². The predicted molar refractivity (Wildman–Crippen MR) is 142 cm³/mol. The molecule has 1 aliphatic rings. The molecule has 0 aromatic heterocycles. The monoisotopic (exact) mass is 599 g/mol. The molecule has 37 heavy (non-hydrogen) atoms. The molecule has 202 valence electrons. The Bertz CT molecular complexity index is 1220. The van der Waals surface area contributed by atoms with E-state index >= 15 is 0 Å². The van der Waals surface area contributed by atoms with Gasteiger partial charge in [-0.05, 0) is 56.0 Å². The van der Waals surface area contributed by atoms with Crippen LogP contribution in [0.25, 0.3) is 0 Å². The van der Waals surface area contributed by atoms with E-state index < -0.39 is 27.7 Å². The highest BCUT2D eigenvalue weighted by atomic mass is 79.9. The fourth-order valence-electron chi connectivity index (χ4n) is 4.45. The molecule has 7 nitrogen and oxygen atoms in total. The zero-order chi connectivity index (χ0) is 27.2. The minimum Gasteiger partial charge on any atom is -0.352 e. The number of halogens is 3. The van der Waals surface area contributed by atoms with Crippen molar-refractivity contribution in [3.8, 4) is 0 Å². The maximum absolute atomic E-state index is 13.7. The molecule has 1 fully saturated rings. The number of sulfonamides is 1. The molecule has 0 saturated heterocycles. The molecule has 0 spiro atoms. The molecular formula is C26H32BrF2N3O4S. The Morgan fingerprint density at radius 3 is 2.43 bits per heavy atom. The highest BCUT2D eigenvalue weighted by Gasteiger charge is 2.29. The van der Waals surface area contributed by atoms with Gasteiger partial charge in [-0.15, -0.1) is 0 Å². The van der Waals surface area contributed by atoms with Crippen LogP contribution in [0.3, 0.4) is 0 Å². The van der Waals surface area contributed by atoms with Gasteiger partial charge in [0.2, 0.25) is 21.8 Å². The SMILES string of the molecule is C[C@@H](C(=O)NC1CCCC1)N(Cc1cccc(Br)c1)C(=O)CCCN(c1ccc(F)c(F)c1)S(C)(=O)=O. The maximum Gasteiger partial charge on any atom is 0.242 e. The number of carbonyl (C=O) groups excluding carboxylic acids is 2. The minimum atomic E-state index is -3.81. The van der Waals surface area contributed by atoms with Crippen LogP contribution in [0.4, 0.5) is 14.5 Å². The van der Waals surface area contributed by atoms with Crippen molar-refractivity contribution in [2.24, 2.45) is 0 Å². The predicted octanol–water partition coefficient (Wildman–Crippen LogP) is 4.75. The zero-order valence-corrected chi connectivity index (χ0v) is 23.3. The Balaban J connectivity index is 1.73. The molecule has 2 amide bonds. The molecule has 0 radical (unpaired) electrons. The van der Waals surface area contributed by atoms with Crippen molar-refractivity contribution in [1.29, 1.82) is 0 Å². The highest BCUT2D eigenvalue weighted by Crippen LogP contribution is 2.23. The van der Waals surface area contributed by atoms with Gasteiger partial charge < -0.3 is 10.2 Å². The number of nitrogens with one attached hydrogen (secondary N) is 1. The molecule has 1 atom stereocenters. The van der Waals surface area contributed by atoms with Crippen LogP contribution in [0.1, 0.15) is 51.0 Å². The second kappa shape index (κ2) is 12.8. The number of carbonyl (C=O) groups is 2. The zero-order valence-electron chi connectivity index (χ0n) is 20.9. The molecule has 11 heteroatoms. The van der Waals surface area contributed by atoms with Gasteiger partial charge in [-0.2, -0.15) is 0 Å². The standard InChI is InChI=1S/C26H32BrF2N3O4S/c1-18(26(34)30-21-9-3-4-10-21)31(17-19-7-5-8-20(27)15-19)25(33)11-6-14-32(37(2,35)36)22-12-13-23(28)24(29)16-22/h5,7-8,12-13,15-16,18,21H,3-4,6,9-11,14,17H2,1-2H3,(H,30,34)/t18-/m0/s1. The second-order valence-corrected chi connectivity index (χ2v) is 12.2. The lowest BCUT2D eigenvalue weighted by molar-refractivity contribution is -0.141. The molecule has 2 aromatic rings. The summed E-state index contributed by atoms with van der Waals surface area (Å²) >= 11 is 3.43.